The van der Waals surface area contributed by atoms with E-state index in [1.54, 1.807) is 13.8 Å². The van der Waals surface area contributed by atoms with Crippen molar-refractivity contribution >= 4 is 17.8 Å². The van der Waals surface area contributed by atoms with Crippen LogP contribution in [0.2, 0.25) is 0 Å². The Kier molecular flexibility index (Phi) is 5.56. The molecule has 0 aliphatic carbocycles. The van der Waals surface area contributed by atoms with E-state index in [1.165, 1.54) is 0 Å². The summed E-state index contributed by atoms with van der Waals surface area (Å²) in [6.07, 6.45) is 0.680. The van der Waals surface area contributed by atoms with Gasteiger partial charge in [-0.05, 0) is 33.1 Å². The molecule has 7 nitrogen and oxygen atoms in total. The normalized spacial score (nSPS) is 20.0. The van der Waals surface area contributed by atoms with Gasteiger partial charge in [0.25, 0.3) is 5.91 Å². The predicted molar refractivity (Wildman–Crippen MR) is 84.0 cm³/mol. The number of rotatable bonds is 7. The van der Waals surface area contributed by atoms with Crippen LogP contribution in [0, 0.1) is 5.92 Å². The first-order valence-electron chi connectivity index (χ1n) is 7.68. The monoisotopic (exact) mass is 312 g/mol. The molecule has 22 heavy (non-hydrogen) atoms. The third kappa shape index (κ3) is 3.97. The van der Waals surface area contributed by atoms with Gasteiger partial charge < -0.3 is 16.4 Å². The minimum atomic E-state index is -0.866. The molecule has 0 aromatic rings. The van der Waals surface area contributed by atoms with Crippen LogP contribution in [0.15, 0.2) is 0 Å². The summed E-state index contributed by atoms with van der Waals surface area (Å²) in [5, 5.41) is 5.55. The van der Waals surface area contributed by atoms with Crippen LogP contribution in [0.4, 0.5) is 4.79 Å². The Balaban J connectivity index is 2.47. The SMILES string of the molecule is CC(C)C(C)(CN)NC(=O)CCCN1C(=O)NC(C)(C)C1=O. The van der Waals surface area contributed by atoms with Gasteiger partial charge in [0.1, 0.15) is 5.54 Å². The van der Waals surface area contributed by atoms with Gasteiger partial charge in [-0.3, -0.25) is 14.5 Å². The maximum absolute atomic E-state index is 12.0. The molecule has 0 aromatic carbocycles. The van der Waals surface area contributed by atoms with Crippen molar-refractivity contribution in [3.05, 3.63) is 0 Å². The Morgan fingerprint density at radius 1 is 1.41 bits per heavy atom. The van der Waals surface area contributed by atoms with Crippen molar-refractivity contribution in [3.63, 3.8) is 0 Å². The zero-order valence-electron chi connectivity index (χ0n) is 14.2. The number of carbonyl (C=O) groups excluding carboxylic acids is 3. The van der Waals surface area contributed by atoms with Crippen molar-refractivity contribution in [1.29, 1.82) is 0 Å². The smallest absolute Gasteiger partial charge is 0.325 e. The number of imide groups is 1. The van der Waals surface area contributed by atoms with Crippen molar-refractivity contribution in [1.82, 2.24) is 15.5 Å². The number of amides is 4. The molecule has 0 saturated carbocycles. The van der Waals surface area contributed by atoms with Gasteiger partial charge in [0.15, 0.2) is 0 Å². The van der Waals surface area contributed by atoms with Crippen molar-refractivity contribution in [2.24, 2.45) is 11.7 Å². The third-order valence-electron chi connectivity index (χ3n) is 4.35. The van der Waals surface area contributed by atoms with Crippen LogP contribution in [0.3, 0.4) is 0 Å². The summed E-state index contributed by atoms with van der Waals surface area (Å²) >= 11 is 0. The maximum Gasteiger partial charge on any atom is 0.325 e. The van der Waals surface area contributed by atoms with E-state index in [4.69, 9.17) is 5.73 Å². The van der Waals surface area contributed by atoms with Gasteiger partial charge in [0.05, 0.1) is 5.54 Å². The predicted octanol–water partition coefficient (Wildman–Crippen LogP) is 0.587. The van der Waals surface area contributed by atoms with Crippen LogP contribution < -0.4 is 16.4 Å². The van der Waals surface area contributed by atoms with Crippen LogP contribution in [-0.2, 0) is 9.59 Å². The molecule has 7 heteroatoms. The number of nitrogens with zero attached hydrogens (tertiary/aromatic N) is 1. The van der Waals surface area contributed by atoms with Crippen LogP contribution >= 0.6 is 0 Å². The third-order valence-corrected chi connectivity index (χ3v) is 4.35. The van der Waals surface area contributed by atoms with Crippen LogP contribution in [-0.4, -0.2) is 46.9 Å². The van der Waals surface area contributed by atoms with Gasteiger partial charge >= 0.3 is 6.03 Å². The zero-order chi connectivity index (χ0) is 17.1. The van der Waals surface area contributed by atoms with Crippen molar-refractivity contribution < 1.29 is 14.4 Å². The van der Waals surface area contributed by atoms with Gasteiger partial charge in [-0.1, -0.05) is 13.8 Å². The zero-order valence-corrected chi connectivity index (χ0v) is 14.2. The number of nitrogens with one attached hydrogen (secondary N) is 2. The molecular formula is C15H28N4O3. The van der Waals surface area contributed by atoms with E-state index >= 15 is 0 Å². The molecule has 1 unspecified atom stereocenters. The molecule has 0 bridgehead atoms. The van der Waals surface area contributed by atoms with E-state index in [9.17, 15) is 14.4 Å². The minimum Gasteiger partial charge on any atom is -0.349 e. The lowest BCUT2D eigenvalue weighted by atomic mass is 9.88. The molecule has 1 aliphatic heterocycles. The number of nitrogens with two attached hydrogens (primary N) is 1. The number of carbonyl (C=O) groups is 3. The Hall–Kier alpha value is -1.63. The van der Waals surface area contributed by atoms with Crippen molar-refractivity contribution in [3.8, 4) is 0 Å². The summed E-state index contributed by atoms with van der Waals surface area (Å²) < 4.78 is 0. The summed E-state index contributed by atoms with van der Waals surface area (Å²) in [7, 11) is 0. The molecule has 126 valence electrons. The fourth-order valence-corrected chi connectivity index (χ4v) is 2.23. The van der Waals surface area contributed by atoms with E-state index in [2.05, 4.69) is 10.6 Å². The van der Waals surface area contributed by atoms with Crippen LogP contribution in [0.25, 0.3) is 0 Å². The van der Waals surface area contributed by atoms with E-state index < -0.39 is 17.1 Å². The van der Waals surface area contributed by atoms with Crippen molar-refractivity contribution in [2.45, 2.75) is 58.5 Å². The second-order valence-corrected chi connectivity index (χ2v) is 6.94. The largest absolute Gasteiger partial charge is 0.349 e. The molecule has 0 radical (unpaired) electrons. The first kappa shape index (κ1) is 18.4. The topological polar surface area (TPSA) is 105 Å². The standard InChI is InChI=1S/C15H28N4O3/c1-10(2)15(5,9-16)17-11(20)7-6-8-19-12(21)14(3,4)18-13(19)22/h10H,6-9,16H2,1-5H3,(H,17,20)(H,18,22). The Labute approximate surface area is 132 Å². The molecule has 1 saturated heterocycles. The Morgan fingerprint density at radius 2 is 2.00 bits per heavy atom. The average Bonchev–Trinajstić information content (AvgIpc) is 2.60. The van der Waals surface area contributed by atoms with Gasteiger partial charge in [-0.15, -0.1) is 0 Å². The molecule has 1 heterocycles. The lowest BCUT2D eigenvalue weighted by Gasteiger charge is -2.33. The molecule has 1 atom stereocenters. The van der Waals surface area contributed by atoms with Gasteiger partial charge in [-0.2, -0.15) is 0 Å². The highest BCUT2D eigenvalue weighted by atomic mass is 16.2. The second-order valence-electron chi connectivity index (χ2n) is 6.94. The molecule has 1 aliphatic rings. The minimum absolute atomic E-state index is 0.118. The maximum atomic E-state index is 12.0. The van der Waals surface area contributed by atoms with E-state index in [1.807, 2.05) is 20.8 Å². The molecule has 0 spiro atoms. The van der Waals surface area contributed by atoms with Gasteiger partial charge in [0, 0.05) is 19.5 Å². The highest BCUT2D eigenvalue weighted by molar-refractivity contribution is 6.06. The summed E-state index contributed by atoms with van der Waals surface area (Å²) in [4.78, 5) is 36.9. The highest BCUT2D eigenvalue weighted by Gasteiger charge is 2.43. The number of urea groups is 1. The van der Waals surface area contributed by atoms with E-state index in [0.29, 0.717) is 13.0 Å². The molecule has 1 rings (SSSR count). The van der Waals surface area contributed by atoms with Crippen molar-refractivity contribution in [2.75, 3.05) is 13.1 Å². The molecule has 4 amide bonds. The Bertz CT molecular complexity index is 462. The van der Waals surface area contributed by atoms with Gasteiger partial charge in [-0.25, -0.2) is 4.79 Å². The highest BCUT2D eigenvalue weighted by Crippen LogP contribution is 2.18. The van der Waals surface area contributed by atoms with Gasteiger partial charge in [0.2, 0.25) is 5.91 Å². The lowest BCUT2D eigenvalue weighted by Crippen LogP contribution is -2.55. The number of hydrogen-bond donors (Lipinski definition) is 3. The molecule has 1 fully saturated rings. The lowest BCUT2D eigenvalue weighted by molar-refractivity contribution is -0.130. The summed E-state index contributed by atoms with van der Waals surface area (Å²) in [5.41, 5.74) is 4.42. The summed E-state index contributed by atoms with van der Waals surface area (Å²) in [6.45, 7) is 9.84. The quantitative estimate of drug-likeness (QED) is 0.598. The Morgan fingerprint density at radius 3 is 2.41 bits per heavy atom. The number of hydrogen-bond acceptors (Lipinski definition) is 4. The second kappa shape index (κ2) is 6.64. The first-order valence-corrected chi connectivity index (χ1v) is 7.68. The molecule has 0 aromatic heterocycles. The van der Waals surface area contributed by atoms with Crippen LogP contribution in [0.1, 0.15) is 47.5 Å². The van der Waals surface area contributed by atoms with E-state index in [-0.39, 0.29) is 30.7 Å². The fraction of sp³-hybridized carbons (Fsp3) is 0.800. The molecule has 4 N–H and O–H groups in total. The van der Waals surface area contributed by atoms with Crippen LogP contribution in [0.5, 0.6) is 0 Å². The summed E-state index contributed by atoms with van der Waals surface area (Å²) in [6, 6.07) is -0.399. The molecular weight excluding hydrogens is 284 g/mol. The fourth-order valence-electron chi connectivity index (χ4n) is 2.23. The summed E-state index contributed by atoms with van der Waals surface area (Å²) in [5.74, 6) is -0.159. The van der Waals surface area contributed by atoms with E-state index in [0.717, 1.165) is 4.90 Å². The average molecular weight is 312 g/mol. The first-order chi connectivity index (χ1) is 10.0.